The van der Waals surface area contributed by atoms with Gasteiger partial charge in [-0.1, -0.05) is 54.6 Å². The number of carbonyl (C=O) groups is 1. The fourth-order valence-corrected chi connectivity index (χ4v) is 5.11. The molecule has 0 saturated carbocycles. The first-order valence-electron chi connectivity index (χ1n) is 12.1. The van der Waals surface area contributed by atoms with E-state index in [-0.39, 0.29) is 5.78 Å². The Kier molecular flexibility index (Phi) is 5.18. The Bertz CT molecular complexity index is 1610. The second kappa shape index (κ2) is 8.52. The maximum absolute atomic E-state index is 13.2. The highest BCUT2D eigenvalue weighted by molar-refractivity contribution is 6.07. The first-order valence-corrected chi connectivity index (χ1v) is 12.1. The predicted octanol–water partition coefficient (Wildman–Crippen LogP) is 6.85. The Hall–Kier alpha value is -4.24. The molecule has 0 radical (unpaired) electrons. The quantitative estimate of drug-likeness (QED) is 0.219. The zero-order valence-electron chi connectivity index (χ0n) is 20.0. The lowest BCUT2D eigenvalue weighted by atomic mass is 9.87. The average molecular weight is 456 g/mol. The number of hydrogen-bond donors (Lipinski definition) is 0. The first kappa shape index (κ1) is 21.3. The van der Waals surface area contributed by atoms with Gasteiger partial charge in [-0.15, -0.1) is 0 Å². The molecule has 0 aliphatic heterocycles. The molecular formula is C32H27N2O+. The Morgan fingerprint density at radius 3 is 2.14 bits per heavy atom. The minimum absolute atomic E-state index is 0.208. The van der Waals surface area contributed by atoms with Crippen LogP contribution in [0, 0.1) is 0 Å². The van der Waals surface area contributed by atoms with Crippen LogP contribution >= 0.6 is 0 Å². The number of nitrogens with zero attached hydrogens (tertiary/aromatic N) is 2. The number of carbonyl (C=O) groups excluding carboxylic acids is 1. The van der Waals surface area contributed by atoms with Gasteiger partial charge < -0.3 is 4.90 Å². The lowest BCUT2D eigenvalue weighted by Gasteiger charge is -2.19. The molecular weight excluding hydrogens is 428 g/mol. The number of rotatable bonds is 3. The number of ketones is 1. The molecule has 3 nitrogen and oxygen atoms in total. The van der Waals surface area contributed by atoms with Gasteiger partial charge >= 0.3 is 0 Å². The molecule has 0 fully saturated rings. The number of pyridine rings is 1. The molecule has 3 heteroatoms. The van der Waals surface area contributed by atoms with Gasteiger partial charge in [0.15, 0.2) is 5.78 Å². The van der Waals surface area contributed by atoms with E-state index in [1.54, 1.807) is 0 Å². The minimum Gasteiger partial charge on any atom is -0.378 e. The Balaban J connectivity index is 1.66. The van der Waals surface area contributed by atoms with Crippen molar-refractivity contribution >= 4 is 44.8 Å². The van der Waals surface area contributed by atoms with Crippen LogP contribution in [-0.2, 0) is 0 Å². The smallest absolute Gasteiger partial charge is 0.225 e. The second-order valence-corrected chi connectivity index (χ2v) is 9.41. The van der Waals surface area contributed by atoms with E-state index in [0.717, 1.165) is 39.8 Å². The van der Waals surface area contributed by atoms with Crippen molar-refractivity contribution in [2.45, 2.75) is 12.8 Å². The minimum atomic E-state index is 0.208. The van der Waals surface area contributed by atoms with Crippen LogP contribution in [0.4, 0.5) is 5.69 Å². The summed E-state index contributed by atoms with van der Waals surface area (Å²) in [5.74, 6) is 0.208. The third-order valence-electron chi connectivity index (χ3n) is 6.91. The first-order chi connectivity index (χ1) is 17.1. The monoisotopic (exact) mass is 455 g/mol. The van der Waals surface area contributed by atoms with Crippen LogP contribution in [0.3, 0.4) is 0 Å². The molecule has 1 aliphatic rings. The summed E-state index contributed by atoms with van der Waals surface area (Å²) in [6.45, 7) is 0. The van der Waals surface area contributed by atoms with Crippen LogP contribution in [0.1, 0.15) is 34.5 Å². The number of anilines is 1. The lowest BCUT2D eigenvalue weighted by molar-refractivity contribution is -0.570. The average Bonchev–Trinajstić information content (AvgIpc) is 2.89. The zero-order valence-corrected chi connectivity index (χ0v) is 20.0. The molecule has 1 aliphatic carbocycles. The third-order valence-corrected chi connectivity index (χ3v) is 6.91. The Labute approximate surface area is 205 Å². The van der Waals surface area contributed by atoms with Crippen LogP contribution < -0.4 is 9.47 Å². The van der Waals surface area contributed by atoms with Crippen molar-refractivity contribution in [2.75, 3.05) is 19.0 Å². The molecule has 0 spiro atoms. The van der Waals surface area contributed by atoms with E-state index in [9.17, 15) is 4.79 Å². The third kappa shape index (κ3) is 3.79. The maximum Gasteiger partial charge on any atom is 0.225 e. The van der Waals surface area contributed by atoms with Gasteiger partial charge in [0.2, 0.25) is 16.9 Å². The van der Waals surface area contributed by atoms with Gasteiger partial charge in [0, 0.05) is 55.4 Å². The summed E-state index contributed by atoms with van der Waals surface area (Å²) >= 11 is 0. The van der Waals surface area contributed by atoms with Crippen LogP contribution in [-0.4, -0.2) is 19.9 Å². The lowest BCUT2D eigenvalue weighted by Crippen LogP contribution is -2.39. The van der Waals surface area contributed by atoms with Crippen molar-refractivity contribution in [1.29, 1.82) is 0 Å². The van der Waals surface area contributed by atoms with Gasteiger partial charge in [-0.25, -0.2) is 0 Å². The molecule has 1 aromatic heterocycles. The number of Topliss-reactive ketones (excluding diaryl/α,β-unsaturated/α-hetero) is 1. The van der Waals surface area contributed by atoms with Crippen molar-refractivity contribution < 1.29 is 9.36 Å². The molecule has 0 amide bonds. The Morgan fingerprint density at radius 2 is 1.43 bits per heavy atom. The van der Waals surface area contributed by atoms with Crippen LogP contribution in [0.15, 0.2) is 97.1 Å². The van der Waals surface area contributed by atoms with Gasteiger partial charge in [0.1, 0.15) is 0 Å². The number of hydrogen-bond acceptors (Lipinski definition) is 2. The summed E-state index contributed by atoms with van der Waals surface area (Å²) in [7, 11) is 4.10. The van der Waals surface area contributed by atoms with Crippen molar-refractivity contribution in [1.82, 2.24) is 0 Å². The van der Waals surface area contributed by atoms with E-state index < -0.39 is 0 Å². The summed E-state index contributed by atoms with van der Waals surface area (Å²) in [5.41, 5.74) is 7.49. The number of allylic oxidation sites excluding steroid dienone is 1. The summed E-state index contributed by atoms with van der Waals surface area (Å²) in [6.07, 6.45) is 3.51. The molecule has 1 heterocycles. The van der Waals surface area contributed by atoms with Crippen LogP contribution in [0.5, 0.6) is 0 Å². The van der Waals surface area contributed by atoms with Gasteiger partial charge in [0.05, 0.1) is 5.56 Å². The van der Waals surface area contributed by atoms with Gasteiger partial charge in [0.25, 0.3) is 0 Å². The van der Waals surface area contributed by atoms with Crippen LogP contribution in [0.2, 0.25) is 0 Å². The number of benzene rings is 4. The molecule has 0 bridgehead atoms. The fraction of sp³-hybridized carbons (Fsp3) is 0.125. The molecule has 4 aromatic carbocycles. The van der Waals surface area contributed by atoms with E-state index in [0.29, 0.717) is 6.42 Å². The molecule has 0 N–H and O–H groups in total. The number of fused-ring (bicyclic) bond motifs is 3. The molecule has 35 heavy (non-hydrogen) atoms. The van der Waals surface area contributed by atoms with E-state index in [2.05, 4.69) is 107 Å². The highest BCUT2D eigenvalue weighted by atomic mass is 16.1. The van der Waals surface area contributed by atoms with Crippen molar-refractivity contribution in [3.05, 3.63) is 114 Å². The summed E-state index contributed by atoms with van der Waals surface area (Å²) in [6, 6.07) is 33.9. The van der Waals surface area contributed by atoms with Crippen molar-refractivity contribution in [3.8, 4) is 5.69 Å². The van der Waals surface area contributed by atoms with Gasteiger partial charge in [-0.2, -0.15) is 4.57 Å². The maximum atomic E-state index is 13.2. The van der Waals surface area contributed by atoms with E-state index in [1.807, 2.05) is 20.2 Å². The van der Waals surface area contributed by atoms with Crippen molar-refractivity contribution in [2.24, 2.45) is 0 Å². The number of para-hydroxylation sites is 1. The molecule has 6 rings (SSSR count). The van der Waals surface area contributed by atoms with Gasteiger partial charge in [-0.05, 0) is 53.1 Å². The Morgan fingerprint density at radius 1 is 0.743 bits per heavy atom. The summed E-state index contributed by atoms with van der Waals surface area (Å²) in [4.78, 5) is 15.4. The normalized spacial score (nSPS) is 14.5. The van der Waals surface area contributed by atoms with Crippen molar-refractivity contribution in [3.63, 3.8) is 0 Å². The topological polar surface area (TPSA) is 24.2 Å². The highest BCUT2D eigenvalue weighted by Gasteiger charge is 2.33. The summed E-state index contributed by atoms with van der Waals surface area (Å²) < 4.78 is 2.29. The number of aromatic nitrogens is 1. The molecule has 5 aromatic rings. The molecule has 170 valence electrons. The van der Waals surface area contributed by atoms with E-state index in [4.69, 9.17) is 0 Å². The zero-order chi connectivity index (χ0) is 23.9. The molecule has 0 saturated heterocycles. The SMILES string of the molecule is CN(C)c1ccc(C=C2CCC(=O)c3cc4cc5ccccc5cc4[n+](-c4ccccc4)c32)cc1. The molecule has 0 atom stereocenters. The predicted molar refractivity (Wildman–Crippen MR) is 145 cm³/mol. The van der Waals surface area contributed by atoms with Crippen LogP contribution in [0.25, 0.3) is 39.0 Å². The summed E-state index contributed by atoms with van der Waals surface area (Å²) in [5, 5.41) is 3.45. The second-order valence-electron chi connectivity index (χ2n) is 9.41. The fourth-order valence-electron chi connectivity index (χ4n) is 5.11. The highest BCUT2D eigenvalue weighted by Crippen LogP contribution is 2.34. The molecule has 0 unspecified atom stereocenters. The standard InChI is InChI=1S/C32H27N2O/c1-33(2)27-15-12-22(13-16-27)18-25-14-17-31(35)29-20-26-19-23-8-6-7-9-24(23)21-30(26)34(32(25)29)28-10-4-3-5-11-28/h3-13,15-16,18-21H,14,17H2,1-2H3/q+1. The van der Waals surface area contributed by atoms with E-state index >= 15 is 0 Å². The largest absolute Gasteiger partial charge is 0.378 e. The van der Waals surface area contributed by atoms with E-state index in [1.165, 1.54) is 22.0 Å². The van der Waals surface area contributed by atoms with Gasteiger partial charge in [-0.3, -0.25) is 4.79 Å².